The molecule has 5 nitrogen and oxygen atoms in total. The van der Waals surface area contributed by atoms with Gasteiger partial charge in [-0.2, -0.15) is 0 Å². The maximum Gasteiger partial charge on any atom is 0.276 e. The van der Waals surface area contributed by atoms with Crippen molar-refractivity contribution >= 4 is 23.2 Å². The van der Waals surface area contributed by atoms with Crippen LogP contribution in [0.4, 0.5) is 17.3 Å². The Morgan fingerprint density at radius 1 is 0.957 bits per heavy atom. The molecule has 1 aromatic heterocycles. The van der Waals surface area contributed by atoms with Crippen LogP contribution >= 0.6 is 0 Å². The number of nitrogens with zero attached hydrogens (tertiary/aromatic N) is 3. The lowest BCUT2D eigenvalue weighted by atomic mass is 10.2. The first kappa shape index (κ1) is 14.7. The van der Waals surface area contributed by atoms with Gasteiger partial charge in [-0.25, -0.2) is 9.97 Å². The number of carbonyl (C=O) groups is 1. The van der Waals surface area contributed by atoms with Crippen LogP contribution in [0.1, 0.15) is 10.5 Å². The van der Waals surface area contributed by atoms with Gasteiger partial charge in [-0.3, -0.25) is 4.79 Å². The van der Waals surface area contributed by atoms with Crippen molar-refractivity contribution in [2.24, 2.45) is 0 Å². The van der Waals surface area contributed by atoms with Crippen LogP contribution < -0.4 is 10.2 Å². The normalized spacial score (nSPS) is 10.1. The van der Waals surface area contributed by atoms with Crippen molar-refractivity contribution in [1.29, 1.82) is 0 Å². The summed E-state index contributed by atoms with van der Waals surface area (Å²) in [5.41, 5.74) is 2.02. The fourth-order valence-electron chi connectivity index (χ4n) is 2.13. The Morgan fingerprint density at radius 2 is 1.61 bits per heavy atom. The van der Waals surface area contributed by atoms with E-state index in [4.69, 9.17) is 0 Å². The molecule has 0 unspecified atom stereocenters. The summed E-state index contributed by atoms with van der Waals surface area (Å²) in [5.74, 6) is 0.207. The molecule has 0 saturated carbocycles. The number of benzene rings is 2. The van der Waals surface area contributed by atoms with Gasteiger partial charge in [0.2, 0.25) is 5.95 Å². The topological polar surface area (TPSA) is 58.1 Å². The van der Waals surface area contributed by atoms with Crippen molar-refractivity contribution in [2.45, 2.75) is 0 Å². The van der Waals surface area contributed by atoms with Crippen LogP contribution in [-0.2, 0) is 0 Å². The molecule has 0 fully saturated rings. The van der Waals surface area contributed by atoms with Crippen LogP contribution in [0, 0.1) is 0 Å². The molecule has 5 heteroatoms. The zero-order valence-corrected chi connectivity index (χ0v) is 12.7. The Hall–Kier alpha value is -3.21. The van der Waals surface area contributed by atoms with Crippen molar-refractivity contribution in [3.8, 4) is 0 Å². The second-order valence-corrected chi connectivity index (χ2v) is 4.96. The van der Waals surface area contributed by atoms with E-state index in [0.717, 1.165) is 11.4 Å². The number of rotatable bonds is 4. The SMILES string of the molecule is CN(C(=O)c1ccnc(Nc2ccccc2)n1)c1ccccc1. The van der Waals surface area contributed by atoms with Gasteiger partial charge in [0.05, 0.1) is 0 Å². The second kappa shape index (κ2) is 6.70. The molecule has 1 amide bonds. The van der Waals surface area contributed by atoms with Crippen LogP contribution in [0.2, 0.25) is 0 Å². The average molecular weight is 304 g/mol. The summed E-state index contributed by atoms with van der Waals surface area (Å²) in [7, 11) is 1.73. The smallest absolute Gasteiger partial charge is 0.276 e. The Balaban J connectivity index is 1.80. The predicted molar refractivity (Wildman–Crippen MR) is 90.9 cm³/mol. The molecule has 0 aliphatic heterocycles. The first-order chi connectivity index (χ1) is 11.2. The fourth-order valence-corrected chi connectivity index (χ4v) is 2.13. The van der Waals surface area contributed by atoms with Gasteiger partial charge in [0.25, 0.3) is 5.91 Å². The van der Waals surface area contributed by atoms with Gasteiger partial charge in [-0.1, -0.05) is 36.4 Å². The monoisotopic (exact) mass is 304 g/mol. The minimum absolute atomic E-state index is 0.185. The molecule has 2 aromatic carbocycles. The molecule has 3 aromatic rings. The van der Waals surface area contributed by atoms with E-state index in [0.29, 0.717) is 11.6 Å². The zero-order valence-electron chi connectivity index (χ0n) is 12.7. The number of para-hydroxylation sites is 2. The summed E-state index contributed by atoms with van der Waals surface area (Å²) >= 11 is 0. The van der Waals surface area contributed by atoms with Crippen molar-refractivity contribution < 1.29 is 4.79 Å². The van der Waals surface area contributed by atoms with Crippen molar-refractivity contribution in [3.63, 3.8) is 0 Å². The summed E-state index contributed by atoms with van der Waals surface area (Å²) in [5, 5.41) is 3.08. The van der Waals surface area contributed by atoms with E-state index in [1.807, 2.05) is 60.7 Å². The molecule has 0 radical (unpaired) electrons. The molecule has 114 valence electrons. The molecule has 0 spiro atoms. The molecule has 0 aliphatic carbocycles. The van der Waals surface area contributed by atoms with Crippen molar-refractivity contribution in [3.05, 3.63) is 78.6 Å². The molecular weight excluding hydrogens is 288 g/mol. The van der Waals surface area contributed by atoms with E-state index in [2.05, 4.69) is 15.3 Å². The minimum Gasteiger partial charge on any atom is -0.324 e. The van der Waals surface area contributed by atoms with Crippen LogP contribution in [0.5, 0.6) is 0 Å². The number of carbonyl (C=O) groups excluding carboxylic acids is 1. The number of nitrogens with one attached hydrogen (secondary N) is 1. The van der Waals surface area contributed by atoms with Crippen LogP contribution in [0.25, 0.3) is 0 Å². The van der Waals surface area contributed by atoms with Gasteiger partial charge in [0.15, 0.2) is 0 Å². The predicted octanol–water partition coefficient (Wildman–Crippen LogP) is 3.50. The van der Waals surface area contributed by atoms with Gasteiger partial charge in [-0.05, 0) is 30.3 Å². The van der Waals surface area contributed by atoms with E-state index in [1.54, 1.807) is 24.2 Å². The molecule has 0 aliphatic rings. The minimum atomic E-state index is -0.185. The largest absolute Gasteiger partial charge is 0.324 e. The molecule has 0 atom stereocenters. The summed E-state index contributed by atoms with van der Waals surface area (Å²) in [4.78, 5) is 22.6. The summed E-state index contributed by atoms with van der Waals surface area (Å²) in [6.07, 6.45) is 1.57. The first-order valence-electron chi connectivity index (χ1n) is 7.22. The average Bonchev–Trinajstić information content (AvgIpc) is 2.62. The van der Waals surface area contributed by atoms with E-state index in [1.165, 1.54) is 0 Å². The Bertz CT molecular complexity index is 790. The van der Waals surface area contributed by atoms with Crippen LogP contribution in [0.15, 0.2) is 72.9 Å². The van der Waals surface area contributed by atoms with Gasteiger partial charge < -0.3 is 10.2 Å². The number of amides is 1. The van der Waals surface area contributed by atoms with Crippen LogP contribution in [0.3, 0.4) is 0 Å². The van der Waals surface area contributed by atoms with E-state index >= 15 is 0 Å². The quantitative estimate of drug-likeness (QED) is 0.801. The third-order valence-electron chi connectivity index (χ3n) is 3.35. The summed E-state index contributed by atoms with van der Waals surface area (Å²) in [6, 6.07) is 20.6. The third kappa shape index (κ3) is 3.52. The molecule has 1 N–H and O–H groups in total. The highest BCUT2D eigenvalue weighted by Gasteiger charge is 2.15. The molecule has 3 rings (SSSR count). The summed E-state index contributed by atoms with van der Waals surface area (Å²) < 4.78 is 0. The molecular formula is C18H16N4O. The highest BCUT2D eigenvalue weighted by atomic mass is 16.2. The lowest BCUT2D eigenvalue weighted by Crippen LogP contribution is -2.27. The summed E-state index contributed by atoms with van der Waals surface area (Å²) in [6.45, 7) is 0. The Labute approximate surface area is 134 Å². The van der Waals surface area contributed by atoms with Gasteiger partial charge in [0, 0.05) is 24.6 Å². The first-order valence-corrected chi connectivity index (χ1v) is 7.22. The Kier molecular flexibility index (Phi) is 4.29. The molecule has 1 heterocycles. The highest BCUT2D eigenvalue weighted by Crippen LogP contribution is 2.16. The number of hydrogen-bond acceptors (Lipinski definition) is 4. The Morgan fingerprint density at radius 3 is 2.30 bits per heavy atom. The fraction of sp³-hybridized carbons (Fsp3) is 0.0556. The number of anilines is 3. The van der Waals surface area contributed by atoms with Gasteiger partial charge >= 0.3 is 0 Å². The second-order valence-electron chi connectivity index (χ2n) is 4.96. The molecule has 0 saturated heterocycles. The number of hydrogen-bond donors (Lipinski definition) is 1. The maximum atomic E-state index is 12.6. The van der Waals surface area contributed by atoms with Gasteiger partial charge in [0.1, 0.15) is 5.69 Å². The van der Waals surface area contributed by atoms with Crippen molar-refractivity contribution in [1.82, 2.24) is 9.97 Å². The van der Waals surface area contributed by atoms with Crippen LogP contribution in [-0.4, -0.2) is 22.9 Å². The zero-order chi connectivity index (χ0) is 16.1. The number of aromatic nitrogens is 2. The van der Waals surface area contributed by atoms with Gasteiger partial charge in [-0.15, -0.1) is 0 Å². The van der Waals surface area contributed by atoms with E-state index < -0.39 is 0 Å². The van der Waals surface area contributed by atoms with Crippen molar-refractivity contribution in [2.75, 3.05) is 17.3 Å². The van der Waals surface area contributed by atoms with E-state index in [-0.39, 0.29) is 5.91 Å². The van der Waals surface area contributed by atoms with E-state index in [9.17, 15) is 4.79 Å². The standard InChI is InChI=1S/C18H16N4O/c1-22(15-10-6-3-7-11-15)17(23)16-12-13-19-18(21-16)20-14-8-4-2-5-9-14/h2-13H,1H3,(H,19,20,21). The molecule has 23 heavy (non-hydrogen) atoms. The maximum absolute atomic E-state index is 12.6. The highest BCUT2D eigenvalue weighted by molar-refractivity contribution is 6.04. The lowest BCUT2D eigenvalue weighted by Gasteiger charge is -2.17. The molecule has 0 bridgehead atoms. The third-order valence-corrected chi connectivity index (χ3v) is 3.35. The lowest BCUT2D eigenvalue weighted by molar-refractivity contribution is 0.0988.